The van der Waals surface area contributed by atoms with Crippen LogP contribution in [0, 0.1) is 20.8 Å². The third-order valence-electron chi connectivity index (χ3n) is 4.37. The van der Waals surface area contributed by atoms with Gasteiger partial charge in [0.15, 0.2) is 0 Å². The van der Waals surface area contributed by atoms with Crippen LogP contribution in [0.25, 0.3) is 0 Å². The van der Waals surface area contributed by atoms with Crippen molar-refractivity contribution in [3.8, 4) is 0 Å². The van der Waals surface area contributed by atoms with Crippen molar-refractivity contribution >= 4 is 17.3 Å². The highest BCUT2D eigenvalue weighted by atomic mass is 16.1. The van der Waals surface area contributed by atoms with Gasteiger partial charge in [-0.3, -0.25) is 4.79 Å². The molecule has 0 spiro atoms. The van der Waals surface area contributed by atoms with Gasteiger partial charge in [-0.1, -0.05) is 17.7 Å². The van der Waals surface area contributed by atoms with E-state index in [1.54, 1.807) is 6.20 Å². The lowest BCUT2D eigenvalue weighted by Gasteiger charge is -2.17. The van der Waals surface area contributed by atoms with Gasteiger partial charge in [0.05, 0.1) is 11.9 Å². The van der Waals surface area contributed by atoms with E-state index in [-0.39, 0.29) is 5.91 Å². The molecule has 1 fully saturated rings. The highest BCUT2D eigenvalue weighted by Crippen LogP contribution is 2.23. The lowest BCUT2D eigenvalue weighted by molar-refractivity contribution is 0.102. The highest BCUT2D eigenvalue weighted by Gasteiger charge is 2.15. The molecule has 0 atom stereocenters. The van der Waals surface area contributed by atoms with Gasteiger partial charge >= 0.3 is 0 Å². The zero-order valence-corrected chi connectivity index (χ0v) is 14.0. The van der Waals surface area contributed by atoms with Gasteiger partial charge in [-0.05, 0) is 56.9 Å². The Morgan fingerprint density at radius 2 is 1.74 bits per heavy atom. The fourth-order valence-electron chi connectivity index (χ4n) is 3.24. The summed E-state index contributed by atoms with van der Waals surface area (Å²) in [4.78, 5) is 19.1. The Balaban J connectivity index is 1.76. The number of nitrogens with zero attached hydrogens (tertiary/aromatic N) is 2. The summed E-state index contributed by atoms with van der Waals surface area (Å²) in [6.07, 6.45) is 4.26. The van der Waals surface area contributed by atoms with E-state index in [9.17, 15) is 4.79 Å². The van der Waals surface area contributed by atoms with Crippen molar-refractivity contribution in [2.75, 3.05) is 23.3 Å². The number of pyridine rings is 1. The predicted molar refractivity (Wildman–Crippen MR) is 94.3 cm³/mol. The fraction of sp³-hybridized carbons (Fsp3) is 0.368. The summed E-state index contributed by atoms with van der Waals surface area (Å²) in [6, 6.07) is 7.95. The Morgan fingerprint density at radius 3 is 2.30 bits per heavy atom. The van der Waals surface area contributed by atoms with E-state index in [0.29, 0.717) is 5.69 Å². The van der Waals surface area contributed by atoms with Crippen LogP contribution in [0.3, 0.4) is 0 Å². The average molecular weight is 309 g/mol. The van der Waals surface area contributed by atoms with Crippen molar-refractivity contribution in [1.82, 2.24) is 4.98 Å². The van der Waals surface area contributed by atoms with Crippen LogP contribution in [-0.4, -0.2) is 24.0 Å². The predicted octanol–water partition coefficient (Wildman–Crippen LogP) is 3.86. The molecule has 4 nitrogen and oxygen atoms in total. The third kappa shape index (κ3) is 3.36. The SMILES string of the molecule is Cc1cc(C)c(NC(=O)c2ccc(N3CCCC3)cn2)c(C)c1. The number of amides is 1. The van der Waals surface area contributed by atoms with E-state index in [4.69, 9.17) is 0 Å². The van der Waals surface area contributed by atoms with Crippen LogP contribution in [-0.2, 0) is 0 Å². The first-order valence-electron chi connectivity index (χ1n) is 8.15. The Bertz CT molecular complexity index is 693. The molecule has 0 radical (unpaired) electrons. The maximum Gasteiger partial charge on any atom is 0.274 e. The summed E-state index contributed by atoms with van der Waals surface area (Å²) in [5, 5.41) is 3.00. The molecule has 23 heavy (non-hydrogen) atoms. The largest absolute Gasteiger partial charge is 0.370 e. The molecule has 1 N–H and O–H groups in total. The number of carbonyl (C=O) groups excluding carboxylic acids is 1. The minimum atomic E-state index is -0.159. The summed E-state index contributed by atoms with van der Waals surface area (Å²) >= 11 is 0. The van der Waals surface area contributed by atoms with Crippen molar-refractivity contribution in [3.63, 3.8) is 0 Å². The molecule has 4 heteroatoms. The fourth-order valence-corrected chi connectivity index (χ4v) is 3.24. The van der Waals surface area contributed by atoms with Gasteiger partial charge < -0.3 is 10.2 Å². The number of carbonyl (C=O) groups is 1. The molecule has 0 bridgehead atoms. The molecule has 3 rings (SSSR count). The monoisotopic (exact) mass is 309 g/mol. The molecule has 120 valence electrons. The summed E-state index contributed by atoms with van der Waals surface area (Å²) in [7, 11) is 0. The van der Waals surface area contributed by atoms with Crippen molar-refractivity contribution in [1.29, 1.82) is 0 Å². The molecule has 1 aromatic carbocycles. The maximum absolute atomic E-state index is 12.4. The summed E-state index contributed by atoms with van der Waals surface area (Å²) in [6.45, 7) is 8.24. The van der Waals surface area contributed by atoms with E-state index >= 15 is 0 Å². The second-order valence-corrected chi connectivity index (χ2v) is 6.32. The first kappa shape index (κ1) is 15.5. The second kappa shape index (κ2) is 6.41. The molecule has 2 aromatic rings. The molecule has 1 aromatic heterocycles. The van der Waals surface area contributed by atoms with E-state index in [1.807, 2.05) is 26.0 Å². The Labute approximate surface area is 137 Å². The van der Waals surface area contributed by atoms with Crippen molar-refractivity contribution in [2.24, 2.45) is 0 Å². The molecular weight excluding hydrogens is 286 g/mol. The maximum atomic E-state index is 12.4. The lowest BCUT2D eigenvalue weighted by atomic mass is 10.0. The Hall–Kier alpha value is -2.36. The van der Waals surface area contributed by atoms with Crippen LogP contribution in [0.5, 0.6) is 0 Å². The van der Waals surface area contributed by atoms with Gasteiger partial charge in [0.1, 0.15) is 5.69 Å². The van der Waals surface area contributed by atoms with Crippen LogP contribution >= 0.6 is 0 Å². The minimum absolute atomic E-state index is 0.159. The van der Waals surface area contributed by atoms with Crippen LogP contribution in [0.1, 0.15) is 40.0 Å². The first-order chi connectivity index (χ1) is 11.0. The molecule has 1 aliphatic heterocycles. The lowest BCUT2D eigenvalue weighted by Crippen LogP contribution is -2.19. The van der Waals surface area contributed by atoms with Gasteiger partial charge in [-0.2, -0.15) is 0 Å². The number of aromatic nitrogens is 1. The van der Waals surface area contributed by atoms with Crippen LogP contribution < -0.4 is 10.2 Å². The number of hydrogen-bond acceptors (Lipinski definition) is 3. The number of anilines is 2. The normalized spacial score (nSPS) is 14.1. The van der Waals surface area contributed by atoms with Gasteiger partial charge in [0.25, 0.3) is 5.91 Å². The standard InChI is InChI=1S/C19H23N3O/c1-13-10-14(2)18(15(3)11-13)21-19(23)17-7-6-16(12-20-17)22-8-4-5-9-22/h6-7,10-12H,4-5,8-9H2,1-3H3,(H,21,23). The van der Waals surface area contributed by atoms with E-state index < -0.39 is 0 Å². The quantitative estimate of drug-likeness (QED) is 0.936. The number of hydrogen-bond donors (Lipinski definition) is 1. The van der Waals surface area contributed by atoms with Gasteiger partial charge in [0.2, 0.25) is 0 Å². The first-order valence-corrected chi connectivity index (χ1v) is 8.15. The summed E-state index contributed by atoms with van der Waals surface area (Å²) in [5.41, 5.74) is 5.78. The molecule has 2 heterocycles. The highest BCUT2D eigenvalue weighted by molar-refractivity contribution is 6.03. The van der Waals surface area contributed by atoms with Crippen molar-refractivity contribution in [2.45, 2.75) is 33.6 Å². The van der Waals surface area contributed by atoms with Crippen LogP contribution in [0.15, 0.2) is 30.5 Å². The molecule has 0 saturated carbocycles. The Kier molecular flexibility index (Phi) is 4.33. The van der Waals surface area contributed by atoms with Gasteiger partial charge in [-0.15, -0.1) is 0 Å². The smallest absolute Gasteiger partial charge is 0.274 e. The van der Waals surface area contributed by atoms with E-state index in [0.717, 1.165) is 35.6 Å². The molecule has 1 aliphatic rings. The van der Waals surface area contributed by atoms with Crippen molar-refractivity contribution in [3.05, 3.63) is 52.8 Å². The zero-order valence-electron chi connectivity index (χ0n) is 14.0. The number of benzene rings is 1. The number of aryl methyl sites for hydroxylation is 3. The van der Waals surface area contributed by atoms with Crippen LogP contribution in [0.4, 0.5) is 11.4 Å². The summed E-state index contributed by atoms with van der Waals surface area (Å²) in [5.74, 6) is -0.159. The molecule has 1 saturated heterocycles. The van der Waals surface area contributed by atoms with E-state index in [1.165, 1.54) is 18.4 Å². The molecule has 1 amide bonds. The molecule has 0 unspecified atom stereocenters. The second-order valence-electron chi connectivity index (χ2n) is 6.32. The van der Waals surface area contributed by atoms with Crippen molar-refractivity contribution < 1.29 is 4.79 Å². The van der Waals surface area contributed by atoms with Crippen LogP contribution in [0.2, 0.25) is 0 Å². The average Bonchev–Trinajstić information content (AvgIpc) is 3.05. The Morgan fingerprint density at radius 1 is 1.09 bits per heavy atom. The molecule has 0 aliphatic carbocycles. The zero-order chi connectivity index (χ0) is 16.4. The van der Waals surface area contributed by atoms with Gasteiger partial charge in [0, 0.05) is 18.8 Å². The molecular formula is C19H23N3O. The minimum Gasteiger partial charge on any atom is -0.370 e. The number of rotatable bonds is 3. The number of nitrogens with one attached hydrogen (secondary N) is 1. The van der Waals surface area contributed by atoms with Gasteiger partial charge in [-0.25, -0.2) is 4.98 Å². The summed E-state index contributed by atoms with van der Waals surface area (Å²) < 4.78 is 0. The van der Waals surface area contributed by atoms with E-state index in [2.05, 4.69) is 34.3 Å². The third-order valence-corrected chi connectivity index (χ3v) is 4.37. The topological polar surface area (TPSA) is 45.2 Å².